The first-order chi connectivity index (χ1) is 23.0. The number of aliphatic hydroxyl groups excluding tert-OH is 1. The molecule has 1 unspecified atom stereocenters. The van der Waals surface area contributed by atoms with Crippen LogP contribution in [0.2, 0.25) is 5.02 Å². The van der Waals surface area contributed by atoms with Crippen molar-refractivity contribution >= 4 is 56.9 Å². The van der Waals surface area contributed by atoms with Gasteiger partial charge in [-0.1, -0.05) is 82.1 Å². The molecule has 1 N–H and O–H groups in total. The number of allylic oxidation sites excluding steroid dienone is 1. The van der Waals surface area contributed by atoms with Gasteiger partial charge in [-0.2, -0.15) is 0 Å². The standard InChI is InChI=1S/C36H41BrClN3O7/c1-5-7-17-27(43)39(4)22(3)30(23-13-9-8-10-14-23)47-35(46)28-29-33(44)41(19-20-42)32(36(29)21-24(37)31(28)48-36)34(45)40(18-6-2)26-16-12-11-15-25(26)38/h5-6,8-16,22,24,28-32,42H,1-2,7,17-21H2,3-4H3/t22-,24?,28+,29-,30+,31+,32+,36-/m1/s1. The fraction of sp³-hybridized carbons (Fsp3) is 0.444. The molecule has 5 rings (SSSR count). The maximum atomic E-state index is 14.6. The van der Waals surface area contributed by atoms with Crippen LogP contribution in [0.25, 0.3) is 0 Å². The quantitative estimate of drug-likeness (QED) is 0.170. The number of anilines is 1. The molecule has 2 aromatic rings. The Bertz CT molecular complexity index is 1560. The lowest BCUT2D eigenvalue weighted by atomic mass is 9.70. The number of rotatable bonds is 14. The van der Waals surface area contributed by atoms with Crippen LogP contribution in [-0.4, -0.2) is 94.0 Å². The highest BCUT2D eigenvalue weighted by molar-refractivity contribution is 9.09. The number of fused-ring (bicyclic) bond motifs is 1. The van der Waals surface area contributed by atoms with Crippen LogP contribution in [0.5, 0.6) is 0 Å². The van der Waals surface area contributed by atoms with E-state index < -0.39 is 66.1 Å². The molecule has 3 heterocycles. The lowest BCUT2D eigenvalue weighted by molar-refractivity contribution is -0.164. The third-order valence-corrected chi connectivity index (χ3v) is 10.9. The average molecular weight is 743 g/mol. The number of hydrogen-bond acceptors (Lipinski definition) is 7. The van der Waals surface area contributed by atoms with E-state index in [4.69, 9.17) is 21.1 Å². The van der Waals surface area contributed by atoms with Crippen LogP contribution in [0.15, 0.2) is 79.9 Å². The van der Waals surface area contributed by atoms with Crippen LogP contribution in [0.3, 0.4) is 0 Å². The Hall–Kier alpha value is -3.51. The first kappa shape index (κ1) is 35.8. The van der Waals surface area contributed by atoms with Crippen LogP contribution in [0.4, 0.5) is 5.69 Å². The van der Waals surface area contributed by atoms with E-state index in [2.05, 4.69) is 29.1 Å². The van der Waals surface area contributed by atoms with E-state index in [9.17, 15) is 24.3 Å². The summed E-state index contributed by atoms with van der Waals surface area (Å²) in [6.45, 7) is 8.88. The number of benzene rings is 2. The van der Waals surface area contributed by atoms with Crippen LogP contribution in [-0.2, 0) is 28.7 Å². The van der Waals surface area contributed by atoms with Crippen molar-refractivity contribution in [3.8, 4) is 0 Å². The van der Waals surface area contributed by atoms with E-state index in [0.717, 1.165) is 0 Å². The number of para-hydroxylation sites is 1. The van der Waals surface area contributed by atoms with E-state index in [1.165, 1.54) is 9.80 Å². The van der Waals surface area contributed by atoms with Gasteiger partial charge in [-0.3, -0.25) is 19.2 Å². The number of esters is 1. The number of carbonyl (C=O) groups is 4. The number of nitrogens with zero attached hydrogens (tertiary/aromatic N) is 3. The molecule has 0 aliphatic carbocycles. The van der Waals surface area contributed by atoms with Gasteiger partial charge in [-0.15, -0.1) is 13.2 Å². The highest BCUT2D eigenvalue weighted by Crippen LogP contribution is 2.60. The van der Waals surface area contributed by atoms with Gasteiger partial charge in [0.05, 0.1) is 41.3 Å². The van der Waals surface area contributed by atoms with Gasteiger partial charge in [0.25, 0.3) is 5.91 Å². The van der Waals surface area contributed by atoms with E-state index in [0.29, 0.717) is 22.7 Å². The molecule has 8 atom stereocenters. The van der Waals surface area contributed by atoms with Crippen LogP contribution in [0, 0.1) is 11.8 Å². The van der Waals surface area contributed by atoms with Gasteiger partial charge in [-0.25, -0.2) is 0 Å². The molecule has 1 spiro atoms. The van der Waals surface area contributed by atoms with Gasteiger partial charge in [-0.05, 0) is 37.5 Å². The normalized spacial score (nSPS) is 26.8. The summed E-state index contributed by atoms with van der Waals surface area (Å²) in [5.41, 5.74) is -0.258. The van der Waals surface area contributed by atoms with Crippen LogP contribution >= 0.6 is 27.5 Å². The maximum absolute atomic E-state index is 14.6. The Labute approximate surface area is 294 Å². The zero-order valence-corrected chi connectivity index (χ0v) is 29.4. The van der Waals surface area contributed by atoms with Crippen molar-refractivity contribution < 1.29 is 33.8 Å². The monoisotopic (exact) mass is 741 g/mol. The summed E-state index contributed by atoms with van der Waals surface area (Å²) in [5.74, 6) is -3.82. The molecular weight excluding hydrogens is 702 g/mol. The van der Waals surface area contributed by atoms with E-state index in [1.54, 1.807) is 48.4 Å². The molecule has 3 saturated heterocycles. The Morgan fingerprint density at radius 3 is 2.50 bits per heavy atom. The van der Waals surface area contributed by atoms with Crippen molar-refractivity contribution in [2.24, 2.45) is 11.8 Å². The number of β-amino-alcohol motifs (C(OH)–C–C–N with tert-alkyl or cyclic N) is 1. The van der Waals surface area contributed by atoms with E-state index in [-0.39, 0.29) is 36.7 Å². The number of halogens is 2. The number of alkyl halides is 1. The molecule has 0 aromatic heterocycles. The molecule has 256 valence electrons. The largest absolute Gasteiger partial charge is 0.455 e. The molecule has 2 bridgehead atoms. The summed E-state index contributed by atoms with van der Waals surface area (Å²) >= 11 is 10.2. The average Bonchev–Trinajstić information content (AvgIpc) is 3.68. The van der Waals surface area contributed by atoms with Gasteiger partial charge in [0, 0.05) is 31.4 Å². The minimum absolute atomic E-state index is 0.100. The highest BCUT2D eigenvalue weighted by atomic mass is 79.9. The zero-order valence-electron chi connectivity index (χ0n) is 27.0. The second-order valence-electron chi connectivity index (χ2n) is 12.4. The predicted molar refractivity (Wildman–Crippen MR) is 185 cm³/mol. The molecule has 48 heavy (non-hydrogen) atoms. The van der Waals surface area contributed by atoms with Crippen molar-refractivity contribution in [3.63, 3.8) is 0 Å². The van der Waals surface area contributed by atoms with Crippen molar-refractivity contribution in [3.05, 3.63) is 90.5 Å². The van der Waals surface area contributed by atoms with Crippen molar-refractivity contribution in [2.75, 3.05) is 31.6 Å². The van der Waals surface area contributed by atoms with Gasteiger partial charge in [0.1, 0.15) is 17.7 Å². The predicted octanol–water partition coefficient (Wildman–Crippen LogP) is 4.70. The van der Waals surface area contributed by atoms with Gasteiger partial charge < -0.3 is 29.3 Å². The van der Waals surface area contributed by atoms with Crippen molar-refractivity contribution in [1.82, 2.24) is 9.80 Å². The zero-order chi connectivity index (χ0) is 34.7. The number of carbonyl (C=O) groups excluding carboxylic acids is 4. The molecule has 0 radical (unpaired) electrons. The number of amides is 3. The summed E-state index contributed by atoms with van der Waals surface area (Å²) in [5, 5.41) is 10.4. The van der Waals surface area contributed by atoms with Crippen molar-refractivity contribution in [1.29, 1.82) is 0 Å². The fourth-order valence-corrected chi connectivity index (χ4v) is 8.58. The van der Waals surface area contributed by atoms with Crippen LogP contribution in [0.1, 0.15) is 37.9 Å². The second-order valence-corrected chi connectivity index (χ2v) is 14.0. The summed E-state index contributed by atoms with van der Waals surface area (Å²) in [4.78, 5) is 60.2. The lowest BCUT2D eigenvalue weighted by Gasteiger charge is -2.37. The Morgan fingerprint density at radius 2 is 1.85 bits per heavy atom. The number of aliphatic hydroxyl groups is 1. The molecule has 0 saturated carbocycles. The van der Waals surface area contributed by atoms with Gasteiger partial charge in [0.15, 0.2) is 0 Å². The lowest BCUT2D eigenvalue weighted by Crippen LogP contribution is -2.57. The Balaban J connectivity index is 1.51. The van der Waals surface area contributed by atoms with Crippen molar-refractivity contribution in [2.45, 2.75) is 60.9 Å². The molecular formula is C36H41BrClN3O7. The number of ether oxygens (including phenoxy) is 2. The Kier molecular flexibility index (Phi) is 11.1. The number of likely N-dealkylation sites (N-methyl/N-ethyl adjacent to an activating group) is 1. The first-order valence-corrected chi connectivity index (χ1v) is 17.3. The molecule has 3 amide bonds. The third-order valence-electron chi connectivity index (χ3n) is 9.73. The van der Waals surface area contributed by atoms with Gasteiger partial charge in [0.2, 0.25) is 11.8 Å². The topological polar surface area (TPSA) is 117 Å². The molecule has 3 aliphatic rings. The fourth-order valence-electron chi connectivity index (χ4n) is 7.40. The Morgan fingerprint density at radius 1 is 1.17 bits per heavy atom. The highest BCUT2D eigenvalue weighted by Gasteiger charge is 2.77. The number of hydrogen-bond donors (Lipinski definition) is 1. The first-order valence-electron chi connectivity index (χ1n) is 16.0. The summed E-state index contributed by atoms with van der Waals surface area (Å²) in [6.07, 6.45) is 2.67. The second kappa shape index (κ2) is 14.9. The van der Waals surface area contributed by atoms with E-state index >= 15 is 0 Å². The third kappa shape index (κ3) is 6.33. The minimum Gasteiger partial charge on any atom is -0.455 e. The molecule has 3 aliphatic heterocycles. The molecule has 12 heteroatoms. The molecule has 10 nitrogen and oxygen atoms in total. The smallest absolute Gasteiger partial charge is 0.313 e. The summed E-state index contributed by atoms with van der Waals surface area (Å²) in [7, 11) is 1.67. The number of likely N-dealkylation sites (tertiary alicyclic amines) is 1. The maximum Gasteiger partial charge on any atom is 0.313 e. The summed E-state index contributed by atoms with van der Waals surface area (Å²) < 4.78 is 12.9. The van der Waals surface area contributed by atoms with Crippen LogP contribution < -0.4 is 4.90 Å². The summed E-state index contributed by atoms with van der Waals surface area (Å²) in [6, 6.07) is 14.3. The molecule has 2 aromatic carbocycles. The van der Waals surface area contributed by atoms with E-state index in [1.807, 2.05) is 37.3 Å². The molecule has 3 fully saturated rings. The van der Waals surface area contributed by atoms with Gasteiger partial charge >= 0.3 is 5.97 Å². The minimum atomic E-state index is -1.38. The SMILES string of the molecule is C=CCCC(=O)N(C)[C@H](C)[C@H](OC(=O)[C@@H]1[C@H]2O[C@@]3(CC2Br)[C@H](C(=O)N(CC=C)c2ccccc2Cl)N(CCO)C(=O)[C@@H]13)c1ccccc1.